The third kappa shape index (κ3) is 3.69. The zero-order valence-corrected chi connectivity index (χ0v) is 22.6. The molecule has 0 aliphatic carbocycles. The van der Waals surface area contributed by atoms with E-state index in [9.17, 15) is 0 Å². The molecule has 0 unspecified atom stereocenters. The summed E-state index contributed by atoms with van der Waals surface area (Å²) in [4.78, 5) is 0. The summed E-state index contributed by atoms with van der Waals surface area (Å²) in [5.41, 5.74) is 11.0. The van der Waals surface area contributed by atoms with Crippen molar-refractivity contribution in [3.63, 3.8) is 0 Å². The molecule has 0 aliphatic rings. The van der Waals surface area contributed by atoms with Gasteiger partial charge in [-0.2, -0.15) is 0 Å². The fourth-order valence-electron chi connectivity index (χ4n) is 6.02. The normalized spacial score (nSPS) is 11.5. The first kappa shape index (κ1) is 23.0. The first-order valence-corrected chi connectivity index (χ1v) is 14.5. The van der Waals surface area contributed by atoms with Crippen LogP contribution < -0.4 is 0 Å². The summed E-state index contributed by atoms with van der Waals surface area (Å²) >= 11 is 1.83. The van der Waals surface area contributed by atoms with Gasteiger partial charge in [0, 0.05) is 21.2 Å². The monoisotopic (exact) mass is 527 g/mol. The van der Waals surface area contributed by atoms with Gasteiger partial charge in [-0.3, -0.25) is 0 Å². The maximum Gasteiger partial charge on any atom is 0.0555 e. The summed E-state index contributed by atoms with van der Waals surface area (Å²) in [5.74, 6) is 0. The predicted octanol–water partition coefficient (Wildman–Crippen LogP) is 11.0. The Balaban J connectivity index is 1.44. The number of hydrogen-bond acceptors (Lipinski definition) is 1. The van der Waals surface area contributed by atoms with E-state index in [1.807, 2.05) is 11.3 Å². The van der Waals surface area contributed by atoms with Gasteiger partial charge in [-0.25, -0.2) is 0 Å². The number of nitrogens with zero attached hydrogens (tertiary/aromatic N) is 1. The molecular weight excluding hydrogens is 502 g/mol. The number of benzene rings is 6. The minimum absolute atomic E-state index is 1.18. The fraction of sp³-hybridized carbons (Fsp3) is 0. The van der Waals surface area contributed by atoms with Crippen LogP contribution in [0, 0.1) is 0 Å². The average molecular weight is 528 g/mol. The summed E-state index contributed by atoms with van der Waals surface area (Å²) in [6, 6.07) is 52.8. The second kappa shape index (κ2) is 9.37. The number of para-hydroxylation sites is 1. The first-order valence-electron chi connectivity index (χ1n) is 13.6. The summed E-state index contributed by atoms with van der Waals surface area (Å²) < 4.78 is 3.75. The summed E-state index contributed by atoms with van der Waals surface area (Å²) in [6.07, 6.45) is 0. The van der Waals surface area contributed by atoms with E-state index in [0.29, 0.717) is 0 Å². The van der Waals surface area contributed by atoms with E-state index in [4.69, 9.17) is 0 Å². The maximum absolute atomic E-state index is 2.41. The summed E-state index contributed by atoms with van der Waals surface area (Å²) in [7, 11) is 0. The summed E-state index contributed by atoms with van der Waals surface area (Å²) in [5, 5.41) is 6.12. The Morgan fingerprint density at radius 1 is 0.450 bits per heavy atom. The molecule has 0 bridgehead atoms. The van der Waals surface area contributed by atoms with Crippen LogP contribution in [0.3, 0.4) is 0 Å². The van der Waals surface area contributed by atoms with Gasteiger partial charge in [-0.05, 0) is 86.6 Å². The third-order valence-corrected chi connectivity index (χ3v) is 8.83. The number of hydrogen-bond donors (Lipinski definition) is 0. The highest BCUT2D eigenvalue weighted by Crippen LogP contribution is 2.42. The van der Waals surface area contributed by atoms with E-state index in [1.165, 1.54) is 71.0 Å². The number of rotatable bonds is 4. The van der Waals surface area contributed by atoms with Gasteiger partial charge in [0.1, 0.15) is 0 Å². The van der Waals surface area contributed by atoms with Crippen molar-refractivity contribution in [3.05, 3.63) is 151 Å². The fourth-order valence-corrected chi connectivity index (χ4v) is 6.97. The van der Waals surface area contributed by atoms with Crippen LogP contribution in [0.15, 0.2) is 151 Å². The van der Waals surface area contributed by atoms with Crippen molar-refractivity contribution >= 4 is 43.2 Å². The second-order valence-corrected chi connectivity index (χ2v) is 11.1. The largest absolute Gasteiger partial charge is 0.309 e. The Kier molecular flexibility index (Phi) is 5.39. The van der Waals surface area contributed by atoms with E-state index in [-0.39, 0.29) is 0 Å². The molecule has 0 fully saturated rings. The van der Waals surface area contributed by atoms with Crippen LogP contribution in [0.1, 0.15) is 0 Å². The van der Waals surface area contributed by atoms with E-state index in [0.717, 1.165) is 0 Å². The Morgan fingerprint density at radius 3 is 1.90 bits per heavy atom. The second-order valence-electron chi connectivity index (χ2n) is 10.2. The van der Waals surface area contributed by atoms with Crippen molar-refractivity contribution in [2.75, 3.05) is 0 Å². The van der Waals surface area contributed by atoms with Gasteiger partial charge in [0.25, 0.3) is 0 Å². The van der Waals surface area contributed by atoms with Gasteiger partial charge < -0.3 is 4.57 Å². The number of fused-ring (bicyclic) bond motifs is 5. The van der Waals surface area contributed by atoms with Crippen molar-refractivity contribution in [1.29, 1.82) is 0 Å². The minimum atomic E-state index is 1.18. The first-order chi connectivity index (χ1) is 19.8. The van der Waals surface area contributed by atoms with E-state index in [2.05, 4.69) is 156 Å². The van der Waals surface area contributed by atoms with Crippen molar-refractivity contribution in [2.24, 2.45) is 0 Å². The number of thiophene rings is 1. The maximum atomic E-state index is 2.41. The Morgan fingerprint density at radius 2 is 1.12 bits per heavy atom. The molecule has 188 valence electrons. The zero-order valence-electron chi connectivity index (χ0n) is 21.8. The van der Waals surface area contributed by atoms with Gasteiger partial charge in [0.05, 0.1) is 11.0 Å². The van der Waals surface area contributed by atoms with Crippen molar-refractivity contribution in [1.82, 2.24) is 4.57 Å². The molecule has 0 spiro atoms. The lowest BCUT2D eigenvalue weighted by Crippen LogP contribution is -1.93. The molecule has 0 amide bonds. The van der Waals surface area contributed by atoms with Crippen LogP contribution >= 0.6 is 11.3 Å². The molecule has 0 atom stereocenters. The number of aromatic nitrogens is 1. The SMILES string of the molecule is c1ccc(-c2ccc(-c3ccccc3)c(-c3ccc4c(c3)c3c5sccc5ccc3n4-c3ccccc3)c2)cc1. The van der Waals surface area contributed by atoms with Crippen LogP contribution in [-0.2, 0) is 0 Å². The minimum Gasteiger partial charge on any atom is -0.309 e. The van der Waals surface area contributed by atoms with E-state index < -0.39 is 0 Å². The molecule has 6 aromatic carbocycles. The lowest BCUT2D eigenvalue weighted by molar-refractivity contribution is 1.18. The highest BCUT2D eigenvalue weighted by Gasteiger charge is 2.18. The topological polar surface area (TPSA) is 4.93 Å². The van der Waals surface area contributed by atoms with Crippen LogP contribution in [0.5, 0.6) is 0 Å². The average Bonchev–Trinajstić information content (AvgIpc) is 3.64. The smallest absolute Gasteiger partial charge is 0.0555 e. The molecule has 2 aromatic heterocycles. The Labute approximate surface area is 237 Å². The van der Waals surface area contributed by atoms with E-state index >= 15 is 0 Å². The van der Waals surface area contributed by atoms with Crippen molar-refractivity contribution in [2.45, 2.75) is 0 Å². The van der Waals surface area contributed by atoms with Crippen LogP contribution in [0.2, 0.25) is 0 Å². The molecule has 8 rings (SSSR count). The highest BCUT2D eigenvalue weighted by atomic mass is 32.1. The van der Waals surface area contributed by atoms with Crippen molar-refractivity contribution < 1.29 is 0 Å². The molecule has 40 heavy (non-hydrogen) atoms. The molecule has 0 N–H and O–H groups in total. The molecule has 0 saturated heterocycles. The molecule has 0 radical (unpaired) electrons. The highest BCUT2D eigenvalue weighted by molar-refractivity contribution is 7.18. The quantitative estimate of drug-likeness (QED) is 0.214. The lowest BCUT2D eigenvalue weighted by atomic mass is 9.90. The van der Waals surface area contributed by atoms with Gasteiger partial charge >= 0.3 is 0 Å². The zero-order chi connectivity index (χ0) is 26.5. The van der Waals surface area contributed by atoms with Crippen molar-refractivity contribution in [3.8, 4) is 39.1 Å². The Hall–Kier alpha value is -4.92. The third-order valence-electron chi connectivity index (χ3n) is 7.88. The molecule has 2 heterocycles. The molecule has 0 aliphatic heterocycles. The molecular formula is C38H25NS. The van der Waals surface area contributed by atoms with Gasteiger partial charge in [-0.1, -0.05) is 103 Å². The predicted molar refractivity (Wildman–Crippen MR) is 172 cm³/mol. The Bertz CT molecular complexity index is 2140. The van der Waals surface area contributed by atoms with Gasteiger partial charge in [0.2, 0.25) is 0 Å². The standard InChI is InChI=1S/C38H25NS/c1-4-10-26(11-5-1)29-16-19-32(27-12-6-2-7-13-27)33(24-29)30-18-20-35-34(25-30)37-36(21-17-28-22-23-40-38(28)37)39(35)31-14-8-3-9-15-31/h1-25H. The van der Waals surface area contributed by atoms with E-state index in [1.54, 1.807) is 0 Å². The molecule has 0 saturated carbocycles. The van der Waals surface area contributed by atoms with Crippen LogP contribution in [0.25, 0.3) is 71.0 Å². The van der Waals surface area contributed by atoms with Gasteiger partial charge in [-0.15, -0.1) is 11.3 Å². The van der Waals surface area contributed by atoms with Gasteiger partial charge in [0.15, 0.2) is 0 Å². The molecule has 1 nitrogen and oxygen atoms in total. The van der Waals surface area contributed by atoms with Crippen LogP contribution in [0.4, 0.5) is 0 Å². The van der Waals surface area contributed by atoms with Crippen LogP contribution in [-0.4, -0.2) is 4.57 Å². The molecule has 2 heteroatoms. The summed E-state index contributed by atoms with van der Waals surface area (Å²) in [6.45, 7) is 0. The lowest BCUT2D eigenvalue weighted by Gasteiger charge is -2.14. The molecule has 8 aromatic rings.